The molecule has 3 rings (SSSR count). The molecule has 3 aromatic rings. The van der Waals surface area contributed by atoms with Gasteiger partial charge in [0.05, 0.1) is 11.1 Å². The minimum absolute atomic E-state index is 0.159. The Kier molecular flexibility index (Phi) is 6.01. The first-order chi connectivity index (χ1) is 13.5. The van der Waals surface area contributed by atoms with Crippen LogP contribution in [0.25, 0.3) is 0 Å². The number of pyridine rings is 1. The van der Waals surface area contributed by atoms with Crippen molar-refractivity contribution in [3.63, 3.8) is 0 Å². The van der Waals surface area contributed by atoms with Crippen molar-refractivity contribution in [3.05, 3.63) is 89.7 Å². The van der Waals surface area contributed by atoms with Gasteiger partial charge >= 0.3 is 5.97 Å². The third-order valence-corrected chi connectivity index (χ3v) is 4.10. The number of hydrogen-bond acceptors (Lipinski definition) is 5. The monoisotopic (exact) mass is 375 g/mol. The number of anilines is 2. The van der Waals surface area contributed by atoms with Gasteiger partial charge in [-0.15, -0.1) is 0 Å². The van der Waals surface area contributed by atoms with E-state index in [1.807, 2.05) is 43.3 Å². The van der Waals surface area contributed by atoms with Crippen LogP contribution in [-0.4, -0.2) is 31.0 Å². The van der Waals surface area contributed by atoms with Gasteiger partial charge in [-0.05, 0) is 42.5 Å². The highest BCUT2D eigenvalue weighted by atomic mass is 16.5. The SMILES string of the molecule is CN(C)c1ccccc1C(=O)Nc1ccc(C(=O)OCc2cccnc2)cc1. The van der Waals surface area contributed by atoms with Gasteiger partial charge in [-0.25, -0.2) is 4.79 Å². The average molecular weight is 375 g/mol. The third kappa shape index (κ3) is 4.73. The second kappa shape index (κ2) is 8.81. The lowest BCUT2D eigenvalue weighted by molar-refractivity contribution is 0.0472. The molecule has 0 aliphatic heterocycles. The minimum atomic E-state index is -0.431. The van der Waals surface area contributed by atoms with Gasteiger partial charge in [0.25, 0.3) is 5.91 Å². The van der Waals surface area contributed by atoms with Crippen LogP contribution in [0.2, 0.25) is 0 Å². The lowest BCUT2D eigenvalue weighted by Crippen LogP contribution is -2.18. The van der Waals surface area contributed by atoms with Crippen LogP contribution in [0.1, 0.15) is 26.3 Å². The van der Waals surface area contributed by atoms with Crippen LogP contribution in [0.15, 0.2) is 73.1 Å². The number of aromatic nitrogens is 1. The highest BCUT2D eigenvalue weighted by Gasteiger charge is 2.13. The fraction of sp³-hybridized carbons (Fsp3) is 0.136. The van der Waals surface area contributed by atoms with Crippen molar-refractivity contribution < 1.29 is 14.3 Å². The van der Waals surface area contributed by atoms with Crippen molar-refractivity contribution >= 4 is 23.3 Å². The van der Waals surface area contributed by atoms with Crippen molar-refractivity contribution in [1.29, 1.82) is 0 Å². The van der Waals surface area contributed by atoms with Crippen LogP contribution in [0.5, 0.6) is 0 Å². The number of para-hydroxylation sites is 1. The molecule has 0 saturated carbocycles. The summed E-state index contributed by atoms with van der Waals surface area (Å²) in [5, 5.41) is 2.85. The van der Waals surface area contributed by atoms with Gasteiger partial charge < -0.3 is 15.0 Å². The molecule has 0 aliphatic rings. The van der Waals surface area contributed by atoms with Crippen molar-refractivity contribution in [1.82, 2.24) is 4.98 Å². The number of nitrogens with zero attached hydrogens (tertiary/aromatic N) is 2. The predicted molar refractivity (Wildman–Crippen MR) is 109 cm³/mol. The summed E-state index contributed by atoms with van der Waals surface area (Å²) in [6.07, 6.45) is 3.31. The van der Waals surface area contributed by atoms with Gasteiger partial charge in [-0.2, -0.15) is 0 Å². The standard InChI is InChI=1S/C22H21N3O3/c1-25(2)20-8-4-3-7-19(20)21(26)24-18-11-9-17(10-12-18)22(27)28-15-16-6-5-13-23-14-16/h3-14H,15H2,1-2H3,(H,24,26). The van der Waals surface area contributed by atoms with E-state index in [0.717, 1.165) is 11.3 Å². The molecule has 0 radical (unpaired) electrons. The number of carbonyl (C=O) groups is 2. The van der Waals surface area contributed by atoms with Crippen LogP contribution in [0.3, 0.4) is 0 Å². The Morgan fingerprint density at radius 3 is 2.43 bits per heavy atom. The number of nitrogens with one attached hydrogen (secondary N) is 1. The average Bonchev–Trinajstić information content (AvgIpc) is 2.73. The Morgan fingerprint density at radius 2 is 1.75 bits per heavy atom. The second-order valence-electron chi connectivity index (χ2n) is 6.38. The molecular formula is C22H21N3O3. The molecule has 0 saturated heterocycles. The summed E-state index contributed by atoms with van der Waals surface area (Å²) < 4.78 is 5.27. The Labute approximate surface area is 163 Å². The van der Waals surface area contributed by atoms with E-state index < -0.39 is 5.97 Å². The molecule has 28 heavy (non-hydrogen) atoms. The summed E-state index contributed by atoms with van der Waals surface area (Å²) in [5.41, 5.74) is 3.24. The number of rotatable bonds is 6. The molecule has 1 heterocycles. The van der Waals surface area contributed by atoms with Gasteiger partial charge in [-0.1, -0.05) is 18.2 Å². The Morgan fingerprint density at radius 1 is 1.00 bits per heavy atom. The number of carbonyl (C=O) groups excluding carboxylic acids is 2. The maximum Gasteiger partial charge on any atom is 0.338 e. The van der Waals surface area contributed by atoms with E-state index in [1.165, 1.54) is 0 Å². The van der Waals surface area contributed by atoms with E-state index in [2.05, 4.69) is 10.3 Å². The zero-order valence-corrected chi connectivity index (χ0v) is 15.8. The summed E-state index contributed by atoms with van der Waals surface area (Å²) in [5.74, 6) is -0.643. The van der Waals surface area contributed by atoms with Crippen LogP contribution >= 0.6 is 0 Å². The fourth-order valence-corrected chi connectivity index (χ4v) is 2.66. The highest BCUT2D eigenvalue weighted by molar-refractivity contribution is 6.08. The smallest absolute Gasteiger partial charge is 0.338 e. The number of esters is 1. The lowest BCUT2D eigenvalue weighted by Gasteiger charge is -2.17. The van der Waals surface area contributed by atoms with E-state index in [-0.39, 0.29) is 12.5 Å². The number of hydrogen-bond donors (Lipinski definition) is 1. The molecule has 0 aliphatic carbocycles. The van der Waals surface area contributed by atoms with Crippen molar-refractivity contribution in [2.24, 2.45) is 0 Å². The maximum atomic E-state index is 12.6. The third-order valence-electron chi connectivity index (χ3n) is 4.10. The molecule has 0 fully saturated rings. The van der Waals surface area contributed by atoms with Crippen LogP contribution in [-0.2, 0) is 11.3 Å². The second-order valence-corrected chi connectivity index (χ2v) is 6.38. The molecule has 1 aromatic heterocycles. The summed E-state index contributed by atoms with van der Waals surface area (Å²) >= 11 is 0. The van der Waals surface area contributed by atoms with E-state index in [4.69, 9.17) is 4.74 Å². The molecule has 142 valence electrons. The molecule has 2 aromatic carbocycles. The molecule has 1 amide bonds. The Hall–Kier alpha value is -3.67. The minimum Gasteiger partial charge on any atom is -0.457 e. The van der Waals surface area contributed by atoms with Crippen molar-refractivity contribution in [2.45, 2.75) is 6.61 Å². The molecule has 0 bridgehead atoms. The Bertz CT molecular complexity index is 954. The summed E-state index contributed by atoms with van der Waals surface area (Å²) in [7, 11) is 3.77. The highest BCUT2D eigenvalue weighted by Crippen LogP contribution is 2.20. The number of ether oxygens (including phenoxy) is 1. The molecule has 6 heteroatoms. The largest absolute Gasteiger partial charge is 0.457 e. The fourth-order valence-electron chi connectivity index (χ4n) is 2.66. The lowest BCUT2D eigenvalue weighted by atomic mass is 10.1. The van der Waals surface area contributed by atoms with Gasteiger partial charge in [0.15, 0.2) is 0 Å². The molecule has 0 unspecified atom stereocenters. The summed E-state index contributed by atoms with van der Waals surface area (Å²) in [6, 6.07) is 17.6. The zero-order valence-electron chi connectivity index (χ0n) is 15.8. The van der Waals surface area contributed by atoms with Gasteiger partial charge in [0.1, 0.15) is 6.61 Å². The normalized spacial score (nSPS) is 10.2. The van der Waals surface area contributed by atoms with Crippen LogP contribution in [0.4, 0.5) is 11.4 Å². The van der Waals surface area contributed by atoms with Gasteiger partial charge in [0.2, 0.25) is 0 Å². The Balaban J connectivity index is 1.63. The maximum absolute atomic E-state index is 12.6. The van der Waals surface area contributed by atoms with Crippen molar-refractivity contribution in [2.75, 3.05) is 24.3 Å². The van der Waals surface area contributed by atoms with E-state index >= 15 is 0 Å². The van der Waals surface area contributed by atoms with Crippen LogP contribution in [0, 0.1) is 0 Å². The molecule has 0 spiro atoms. The predicted octanol–water partition coefficient (Wildman–Crippen LogP) is 3.76. The first kappa shape index (κ1) is 19.1. The molecule has 1 N–H and O–H groups in total. The molecular weight excluding hydrogens is 354 g/mol. The van der Waals surface area contributed by atoms with Gasteiger partial charge in [-0.3, -0.25) is 9.78 Å². The number of amides is 1. The van der Waals surface area contributed by atoms with Gasteiger partial charge in [0, 0.05) is 43.4 Å². The molecule has 6 nitrogen and oxygen atoms in total. The molecule has 0 atom stereocenters. The summed E-state index contributed by atoms with van der Waals surface area (Å²) in [6.45, 7) is 0.159. The van der Waals surface area contributed by atoms with E-state index in [1.54, 1.807) is 48.8 Å². The summed E-state index contributed by atoms with van der Waals surface area (Å²) in [4.78, 5) is 30.6. The first-order valence-electron chi connectivity index (χ1n) is 8.78. The van der Waals surface area contributed by atoms with Crippen LogP contribution < -0.4 is 10.2 Å². The van der Waals surface area contributed by atoms with E-state index in [0.29, 0.717) is 16.8 Å². The topological polar surface area (TPSA) is 71.5 Å². The quantitative estimate of drug-likeness (QED) is 0.664. The number of benzene rings is 2. The first-order valence-corrected chi connectivity index (χ1v) is 8.78. The van der Waals surface area contributed by atoms with E-state index in [9.17, 15) is 9.59 Å². The zero-order chi connectivity index (χ0) is 19.9. The van der Waals surface area contributed by atoms with Crippen molar-refractivity contribution in [3.8, 4) is 0 Å².